The third-order valence-electron chi connectivity index (χ3n) is 4.82. The molecule has 0 radical (unpaired) electrons. The van der Waals surface area contributed by atoms with Crippen LogP contribution in [0, 0.1) is 20.8 Å². The number of fused-ring (bicyclic) bond motifs is 1. The van der Waals surface area contributed by atoms with E-state index in [2.05, 4.69) is 20.0 Å². The Labute approximate surface area is 176 Å². The average molecular weight is 419 g/mol. The van der Waals surface area contributed by atoms with E-state index in [0.717, 1.165) is 16.8 Å². The molecule has 1 aromatic heterocycles. The lowest BCUT2D eigenvalue weighted by atomic mass is 10.1. The highest BCUT2D eigenvalue weighted by Gasteiger charge is 2.20. The SMILES string of the molecule is Cc1ccc(Nc2nc3ccccc3nc2NS(=O)(=O)c2ccccc2C)c(C)c1. The van der Waals surface area contributed by atoms with Crippen LogP contribution in [-0.4, -0.2) is 18.4 Å². The van der Waals surface area contributed by atoms with Crippen LogP contribution in [0.2, 0.25) is 0 Å². The van der Waals surface area contributed by atoms with E-state index in [0.29, 0.717) is 22.4 Å². The highest BCUT2D eigenvalue weighted by Crippen LogP contribution is 2.29. The molecule has 0 bridgehead atoms. The molecule has 7 heteroatoms. The zero-order valence-electron chi connectivity index (χ0n) is 17.0. The maximum Gasteiger partial charge on any atom is 0.263 e. The van der Waals surface area contributed by atoms with Crippen LogP contribution in [0.3, 0.4) is 0 Å². The fourth-order valence-electron chi connectivity index (χ4n) is 3.28. The van der Waals surface area contributed by atoms with Crippen molar-refractivity contribution in [3.05, 3.63) is 83.4 Å². The molecule has 30 heavy (non-hydrogen) atoms. The summed E-state index contributed by atoms with van der Waals surface area (Å²) in [4.78, 5) is 9.38. The summed E-state index contributed by atoms with van der Waals surface area (Å²) in [6, 6.07) is 20.2. The highest BCUT2D eigenvalue weighted by atomic mass is 32.2. The van der Waals surface area contributed by atoms with Gasteiger partial charge in [0.1, 0.15) is 0 Å². The smallest absolute Gasteiger partial charge is 0.263 e. The Morgan fingerprint density at radius 2 is 1.37 bits per heavy atom. The van der Waals surface area contributed by atoms with Gasteiger partial charge in [-0.1, -0.05) is 48.0 Å². The van der Waals surface area contributed by atoms with E-state index in [9.17, 15) is 8.42 Å². The lowest BCUT2D eigenvalue weighted by molar-refractivity contribution is 0.600. The summed E-state index contributed by atoms with van der Waals surface area (Å²) in [5.74, 6) is 0.495. The number of hydrogen-bond acceptors (Lipinski definition) is 5. The molecule has 2 N–H and O–H groups in total. The Balaban J connectivity index is 1.81. The van der Waals surface area contributed by atoms with Gasteiger partial charge >= 0.3 is 0 Å². The summed E-state index contributed by atoms with van der Waals surface area (Å²) in [5.41, 5.74) is 4.93. The standard InChI is InChI=1S/C23H22N4O2S/c1-15-12-13-18(17(3)14-15)24-22-23(26-20-10-6-5-9-19(20)25-22)27-30(28,29)21-11-7-4-8-16(21)2/h4-14H,1-3H3,(H,24,25)(H,26,27). The van der Waals surface area contributed by atoms with Gasteiger partial charge in [0.25, 0.3) is 10.0 Å². The predicted molar refractivity (Wildman–Crippen MR) is 121 cm³/mol. The number of anilines is 3. The van der Waals surface area contributed by atoms with Crippen LogP contribution in [0.4, 0.5) is 17.3 Å². The molecule has 4 aromatic rings. The molecule has 0 amide bonds. The summed E-state index contributed by atoms with van der Waals surface area (Å²) in [6.07, 6.45) is 0. The second-order valence-electron chi connectivity index (χ2n) is 7.22. The van der Waals surface area contributed by atoms with Crippen molar-refractivity contribution in [1.82, 2.24) is 9.97 Å². The highest BCUT2D eigenvalue weighted by molar-refractivity contribution is 7.92. The van der Waals surface area contributed by atoms with Crippen molar-refractivity contribution in [2.24, 2.45) is 0 Å². The van der Waals surface area contributed by atoms with Crippen molar-refractivity contribution in [3.8, 4) is 0 Å². The molecule has 3 aromatic carbocycles. The minimum Gasteiger partial charge on any atom is -0.337 e. The van der Waals surface area contributed by atoms with Crippen molar-refractivity contribution in [2.45, 2.75) is 25.7 Å². The molecule has 0 aliphatic carbocycles. The molecule has 0 saturated carbocycles. The van der Waals surface area contributed by atoms with Crippen LogP contribution >= 0.6 is 0 Å². The molecule has 1 heterocycles. The quantitative estimate of drug-likeness (QED) is 0.471. The molecule has 0 atom stereocenters. The van der Waals surface area contributed by atoms with E-state index >= 15 is 0 Å². The molecule has 0 unspecified atom stereocenters. The molecule has 4 rings (SSSR count). The van der Waals surface area contributed by atoms with Crippen molar-refractivity contribution in [1.29, 1.82) is 0 Å². The van der Waals surface area contributed by atoms with Crippen molar-refractivity contribution in [3.63, 3.8) is 0 Å². The number of rotatable bonds is 5. The molecule has 0 spiro atoms. The van der Waals surface area contributed by atoms with Gasteiger partial charge in [0.05, 0.1) is 15.9 Å². The molecule has 0 aliphatic rings. The number of hydrogen-bond donors (Lipinski definition) is 2. The Kier molecular flexibility index (Phi) is 5.13. The molecular weight excluding hydrogens is 396 g/mol. The molecule has 0 saturated heterocycles. The summed E-state index contributed by atoms with van der Waals surface area (Å²) < 4.78 is 28.8. The third kappa shape index (κ3) is 3.97. The van der Waals surface area contributed by atoms with Gasteiger partial charge in [-0.05, 0) is 56.2 Å². The second kappa shape index (κ2) is 7.76. The summed E-state index contributed by atoms with van der Waals surface area (Å²) in [7, 11) is -3.84. The first-order valence-electron chi connectivity index (χ1n) is 9.53. The van der Waals surface area contributed by atoms with Gasteiger partial charge in [0, 0.05) is 5.69 Å². The Hall–Kier alpha value is -3.45. The second-order valence-corrected chi connectivity index (χ2v) is 8.87. The molecule has 6 nitrogen and oxygen atoms in total. The fourth-order valence-corrected chi connectivity index (χ4v) is 4.54. The van der Waals surface area contributed by atoms with Crippen molar-refractivity contribution in [2.75, 3.05) is 10.0 Å². The van der Waals surface area contributed by atoms with Crippen LogP contribution in [0.1, 0.15) is 16.7 Å². The van der Waals surface area contributed by atoms with Crippen LogP contribution in [0.15, 0.2) is 71.6 Å². The van der Waals surface area contributed by atoms with Gasteiger partial charge < -0.3 is 5.32 Å². The predicted octanol–water partition coefficient (Wildman–Crippen LogP) is 5.10. The van der Waals surface area contributed by atoms with E-state index in [4.69, 9.17) is 0 Å². The number of benzene rings is 3. The van der Waals surface area contributed by atoms with Gasteiger partial charge in [-0.25, -0.2) is 18.4 Å². The van der Waals surface area contributed by atoms with E-state index in [1.165, 1.54) is 0 Å². The van der Waals surface area contributed by atoms with E-state index < -0.39 is 10.0 Å². The summed E-state index contributed by atoms with van der Waals surface area (Å²) in [5, 5.41) is 3.25. The maximum atomic E-state index is 13.1. The van der Waals surface area contributed by atoms with Crippen LogP contribution in [0.25, 0.3) is 11.0 Å². The van der Waals surface area contributed by atoms with Crippen molar-refractivity contribution >= 4 is 38.4 Å². The Morgan fingerprint density at radius 3 is 2.03 bits per heavy atom. The fraction of sp³-hybridized carbons (Fsp3) is 0.130. The van der Waals surface area contributed by atoms with Gasteiger partial charge in [0.2, 0.25) is 0 Å². The Morgan fingerprint density at radius 1 is 0.733 bits per heavy atom. The number of aromatic nitrogens is 2. The normalized spacial score (nSPS) is 11.4. The number of para-hydroxylation sites is 2. The van der Waals surface area contributed by atoms with Crippen LogP contribution in [0.5, 0.6) is 0 Å². The molecule has 152 valence electrons. The van der Waals surface area contributed by atoms with Crippen molar-refractivity contribution < 1.29 is 8.42 Å². The van der Waals surface area contributed by atoms with Crippen LogP contribution in [-0.2, 0) is 10.0 Å². The van der Waals surface area contributed by atoms with Gasteiger partial charge in [-0.2, -0.15) is 0 Å². The number of nitrogens with one attached hydrogen (secondary N) is 2. The largest absolute Gasteiger partial charge is 0.337 e. The lowest BCUT2D eigenvalue weighted by Crippen LogP contribution is -2.17. The molecular formula is C23H22N4O2S. The summed E-state index contributed by atoms with van der Waals surface area (Å²) in [6.45, 7) is 5.77. The monoisotopic (exact) mass is 418 g/mol. The first kappa shape index (κ1) is 19.8. The molecule has 0 fully saturated rings. The zero-order valence-corrected chi connectivity index (χ0v) is 17.8. The Bertz CT molecular complexity index is 1350. The molecule has 0 aliphatic heterocycles. The first-order chi connectivity index (χ1) is 14.3. The number of aryl methyl sites for hydroxylation is 3. The number of sulfonamides is 1. The van der Waals surface area contributed by atoms with E-state index in [1.54, 1.807) is 37.3 Å². The average Bonchev–Trinajstić information content (AvgIpc) is 2.70. The van der Waals surface area contributed by atoms with Gasteiger partial charge in [0.15, 0.2) is 11.6 Å². The van der Waals surface area contributed by atoms with E-state index in [1.807, 2.05) is 50.2 Å². The summed E-state index contributed by atoms with van der Waals surface area (Å²) >= 11 is 0. The van der Waals surface area contributed by atoms with Gasteiger partial charge in [-0.3, -0.25) is 4.72 Å². The minimum atomic E-state index is -3.84. The van der Waals surface area contributed by atoms with Crippen LogP contribution < -0.4 is 10.0 Å². The first-order valence-corrected chi connectivity index (χ1v) is 11.0. The zero-order chi connectivity index (χ0) is 21.3. The lowest BCUT2D eigenvalue weighted by Gasteiger charge is -2.16. The third-order valence-corrected chi connectivity index (χ3v) is 6.32. The maximum absolute atomic E-state index is 13.1. The van der Waals surface area contributed by atoms with E-state index in [-0.39, 0.29) is 10.7 Å². The van der Waals surface area contributed by atoms with Gasteiger partial charge in [-0.15, -0.1) is 0 Å². The number of nitrogens with zero attached hydrogens (tertiary/aromatic N) is 2. The topological polar surface area (TPSA) is 84.0 Å². The minimum absolute atomic E-state index is 0.150.